The van der Waals surface area contributed by atoms with Crippen molar-refractivity contribution >= 4 is 17.6 Å². The monoisotopic (exact) mass is 255 g/mol. The molecule has 5 heteroatoms. The van der Waals surface area contributed by atoms with E-state index in [2.05, 4.69) is 0 Å². The lowest BCUT2D eigenvalue weighted by Crippen LogP contribution is -2.39. The maximum atomic E-state index is 12.3. The van der Waals surface area contributed by atoms with Crippen molar-refractivity contribution in [3.8, 4) is 6.07 Å². The number of amides is 3. The van der Waals surface area contributed by atoms with Crippen molar-refractivity contribution in [2.24, 2.45) is 0 Å². The van der Waals surface area contributed by atoms with Crippen molar-refractivity contribution in [2.75, 3.05) is 11.4 Å². The molecule has 0 bridgehead atoms. The fourth-order valence-corrected chi connectivity index (χ4v) is 2.71. The first-order valence-corrected chi connectivity index (χ1v) is 6.37. The van der Waals surface area contributed by atoms with E-state index in [1.807, 2.05) is 6.07 Å². The number of nitriles is 1. The van der Waals surface area contributed by atoms with Gasteiger partial charge in [-0.25, -0.2) is 9.69 Å². The van der Waals surface area contributed by atoms with Gasteiger partial charge in [0.1, 0.15) is 6.04 Å². The van der Waals surface area contributed by atoms with E-state index in [4.69, 9.17) is 5.26 Å². The number of rotatable bonds is 1. The van der Waals surface area contributed by atoms with Crippen LogP contribution in [-0.4, -0.2) is 29.4 Å². The van der Waals surface area contributed by atoms with Gasteiger partial charge in [-0.15, -0.1) is 0 Å². The molecule has 2 saturated heterocycles. The number of hydrogen-bond acceptors (Lipinski definition) is 3. The Balaban J connectivity index is 1.93. The number of piperidine rings is 1. The van der Waals surface area contributed by atoms with E-state index in [0.717, 1.165) is 19.3 Å². The summed E-state index contributed by atoms with van der Waals surface area (Å²) in [4.78, 5) is 27.5. The van der Waals surface area contributed by atoms with Gasteiger partial charge in [0.15, 0.2) is 0 Å². The van der Waals surface area contributed by atoms with Crippen LogP contribution in [0.15, 0.2) is 24.3 Å². The van der Waals surface area contributed by atoms with Gasteiger partial charge in [0.2, 0.25) is 0 Å². The first kappa shape index (κ1) is 11.7. The number of fused-ring (bicyclic) bond motifs is 1. The van der Waals surface area contributed by atoms with Gasteiger partial charge in [-0.1, -0.05) is 0 Å². The van der Waals surface area contributed by atoms with Crippen LogP contribution in [0.25, 0.3) is 0 Å². The zero-order valence-corrected chi connectivity index (χ0v) is 10.4. The molecule has 2 aliphatic heterocycles. The standard InChI is InChI=1S/C14H13N3O2/c15-9-10-4-6-11(7-5-10)17-13(18)12-3-1-2-8-16(12)14(17)19/h4-7,12H,1-3,8H2. The van der Waals surface area contributed by atoms with Crippen LogP contribution in [0, 0.1) is 11.3 Å². The predicted octanol–water partition coefficient (Wildman–Crippen LogP) is 1.88. The van der Waals surface area contributed by atoms with Crippen LogP contribution in [0.4, 0.5) is 10.5 Å². The normalized spacial score (nSPS) is 22.4. The van der Waals surface area contributed by atoms with Gasteiger partial charge in [-0.05, 0) is 43.5 Å². The second kappa shape index (κ2) is 4.39. The molecule has 2 fully saturated rings. The molecule has 0 spiro atoms. The van der Waals surface area contributed by atoms with Gasteiger partial charge in [0.05, 0.1) is 17.3 Å². The summed E-state index contributed by atoms with van der Waals surface area (Å²) < 4.78 is 0. The van der Waals surface area contributed by atoms with Crippen LogP contribution >= 0.6 is 0 Å². The Bertz CT molecular complexity index is 549. The number of nitrogens with zero attached hydrogens (tertiary/aromatic N) is 3. The number of benzene rings is 1. The first-order chi connectivity index (χ1) is 9.22. The molecular weight excluding hydrogens is 242 g/mol. The van der Waals surface area contributed by atoms with Crippen molar-refractivity contribution < 1.29 is 9.59 Å². The van der Waals surface area contributed by atoms with Crippen LogP contribution in [0.2, 0.25) is 0 Å². The molecule has 5 nitrogen and oxygen atoms in total. The summed E-state index contributed by atoms with van der Waals surface area (Å²) in [6.45, 7) is 0.655. The van der Waals surface area contributed by atoms with E-state index in [1.54, 1.807) is 29.2 Å². The second-order valence-corrected chi connectivity index (χ2v) is 4.82. The predicted molar refractivity (Wildman–Crippen MR) is 68.4 cm³/mol. The molecule has 3 amide bonds. The second-order valence-electron chi connectivity index (χ2n) is 4.82. The molecule has 0 aromatic heterocycles. The zero-order valence-electron chi connectivity index (χ0n) is 10.4. The summed E-state index contributed by atoms with van der Waals surface area (Å²) in [6.07, 6.45) is 2.69. The molecule has 1 aromatic carbocycles. The molecule has 0 aliphatic carbocycles. The molecule has 1 aromatic rings. The minimum Gasteiger partial charge on any atom is -0.312 e. The molecule has 96 valence electrons. The SMILES string of the molecule is N#Cc1ccc(N2C(=O)C3CCCCN3C2=O)cc1. The van der Waals surface area contributed by atoms with Crippen LogP contribution in [-0.2, 0) is 4.79 Å². The molecule has 1 unspecified atom stereocenters. The molecule has 19 heavy (non-hydrogen) atoms. The topological polar surface area (TPSA) is 64.4 Å². The molecule has 2 heterocycles. The molecule has 3 rings (SSSR count). The highest BCUT2D eigenvalue weighted by atomic mass is 16.2. The summed E-state index contributed by atoms with van der Waals surface area (Å²) in [6, 6.07) is 8.01. The lowest BCUT2D eigenvalue weighted by molar-refractivity contribution is -0.120. The largest absolute Gasteiger partial charge is 0.332 e. The van der Waals surface area contributed by atoms with Gasteiger partial charge < -0.3 is 4.90 Å². The third-order valence-electron chi connectivity index (χ3n) is 3.70. The zero-order chi connectivity index (χ0) is 13.4. The Kier molecular flexibility index (Phi) is 2.71. The molecule has 0 N–H and O–H groups in total. The Morgan fingerprint density at radius 2 is 1.89 bits per heavy atom. The van der Waals surface area contributed by atoms with Gasteiger partial charge in [-0.2, -0.15) is 5.26 Å². The number of carbonyl (C=O) groups excluding carboxylic acids is 2. The third kappa shape index (κ3) is 1.76. The number of urea groups is 1. The molecule has 1 atom stereocenters. The van der Waals surface area contributed by atoms with E-state index in [9.17, 15) is 9.59 Å². The highest BCUT2D eigenvalue weighted by molar-refractivity contribution is 6.21. The van der Waals surface area contributed by atoms with E-state index in [-0.39, 0.29) is 18.0 Å². The van der Waals surface area contributed by atoms with E-state index in [1.165, 1.54) is 4.90 Å². The summed E-state index contributed by atoms with van der Waals surface area (Å²) in [5, 5.41) is 8.76. The minimum atomic E-state index is -0.295. The Morgan fingerprint density at radius 3 is 2.53 bits per heavy atom. The smallest absolute Gasteiger partial charge is 0.312 e. The van der Waals surface area contributed by atoms with Crippen LogP contribution in [0.3, 0.4) is 0 Å². The summed E-state index contributed by atoms with van der Waals surface area (Å²) >= 11 is 0. The lowest BCUT2D eigenvalue weighted by atomic mass is 10.0. The molecule has 0 saturated carbocycles. The van der Waals surface area contributed by atoms with Crippen molar-refractivity contribution in [3.05, 3.63) is 29.8 Å². The van der Waals surface area contributed by atoms with Gasteiger partial charge in [0.25, 0.3) is 5.91 Å². The van der Waals surface area contributed by atoms with Crippen LogP contribution in [0.1, 0.15) is 24.8 Å². The summed E-state index contributed by atoms with van der Waals surface area (Å²) in [5.74, 6) is -0.144. The molecule has 2 aliphatic rings. The Morgan fingerprint density at radius 1 is 1.16 bits per heavy atom. The fourth-order valence-electron chi connectivity index (χ4n) is 2.71. The Hall–Kier alpha value is -2.35. The van der Waals surface area contributed by atoms with Crippen molar-refractivity contribution in [2.45, 2.75) is 25.3 Å². The average Bonchev–Trinajstić information content (AvgIpc) is 2.72. The first-order valence-electron chi connectivity index (χ1n) is 6.37. The quantitative estimate of drug-likeness (QED) is 0.720. The van der Waals surface area contributed by atoms with Gasteiger partial charge in [0, 0.05) is 6.54 Å². The number of hydrogen-bond donors (Lipinski definition) is 0. The number of anilines is 1. The van der Waals surface area contributed by atoms with Gasteiger partial charge >= 0.3 is 6.03 Å². The van der Waals surface area contributed by atoms with Crippen LogP contribution < -0.4 is 4.90 Å². The van der Waals surface area contributed by atoms with Crippen molar-refractivity contribution in [1.29, 1.82) is 5.26 Å². The van der Waals surface area contributed by atoms with Crippen molar-refractivity contribution in [3.63, 3.8) is 0 Å². The highest BCUT2D eigenvalue weighted by Gasteiger charge is 2.46. The highest BCUT2D eigenvalue weighted by Crippen LogP contribution is 2.30. The van der Waals surface area contributed by atoms with Gasteiger partial charge in [-0.3, -0.25) is 4.79 Å². The van der Waals surface area contributed by atoms with Crippen molar-refractivity contribution in [1.82, 2.24) is 4.90 Å². The average molecular weight is 255 g/mol. The minimum absolute atomic E-state index is 0.144. The molecule has 0 radical (unpaired) electrons. The maximum Gasteiger partial charge on any atom is 0.332 e. The van der Waals surface area contributed by atoms with E-state index < -0.39 is 0 Å². The summed E-state index contributed by atoms with van der Waals surface area (Å²) in [7, 11) is 0. The lowest BCUT2D eigenvalue weighted by Gasteiger charge is -2.25. The van der Waals surface area contributed by atoms with E-state index in [0.29, 0.717) is 17.8 Å². The van der Waals surface area contributed by atoms with Crippen LogP contribution in [0.5, 0.6) is 0 Å². The third-order valence-corrected chi connectivity index (χ3v) is 3.70. The Labute approximate surface area is 111 Å². The maximum absolute atomic E-state index is 12.3. The number of imide groups is 1. The van der Waals surface area contributed by atoms with E-state index >= 15 is 0 Å². The summed E-state index contributed by atoms with van der Waals surface area (Å²) in [5.41, 5.74) is 1.06. The molecular formula is C14H13N3O2. The number of carbonyl (C=O) groups is 2. The fraction of sp³-hybridized carbons (Fsp3) is 0.357.